The minimum absolute atomic E-state index is 0.247. The third kappa shape index (κ3) is 6.66. The van der Waals surface area contributed by atoms with Crippen LogP contribution in [-0.4, -0.2) is 20.7 Å². The topological polar surface area (TPSA) is 81.1 Å². The molecule has 44 heavy (non-hydrogen) atoms. The predicted octanol–water partition coefficient (Wildman–Crippen LogP) is 9.15. The molecule has 1 aliphatic rings. The van der Waals surface area contributed by atoms with E-state index in [9.17, 15) is 4.79 Å². The smallest absolute Gasteiger partial charge is 0.255 e. The number of benzene rings is 4. The molecule has 0 saturated carbocycles. The molecule has 7 nitrogen and oxygen atoms in total. The van der Waals surface area contributed by atoms with Gasteiger partial charge in [-0.05, 0) is 55.0 Å². The molecule has 222 valence electrons. The summed E-state index contributed by atoms with van der Waals surface area (Å²) in [4.78, 5) is 18.8. The van der Waals surface area contributed by atoms with Gasteiger partial charge in [0.15, 0.2) is 0 Å². The van der Waals surface area contributed by atoms with E-state index in [1.807, 2.05) is 104 Å². The molecular weight excluding hydrogens is 681 g/mol. The molecule has 1 aliphatic heterocycles. The molecule has 0 spiro atoms. The lowest BCUT2D eigenvalue weighted by molar-refractivity contribution is -0.113. The van der Waals surface area contributed by atoms with Gasteiger partial charge in [0.2, 0.25) is 11.1 Å². The first kappa shape index (κ1) is 30.3. The van der Waals surface area contributed by atoms with Crippen molar-refractivity contribution in [2.24, 2.45) is 0 Å². The molecule has 11 heteroatoms. The second kappa shape index (κ2) is 13.5. The lowest BCUT2D eigenvalue weighted by atomic mass is 9.94. The third-order valence-corrected chi connectivity index (χ3v) is 9.15. The van der Waals surface area contributed by atoms with Crippen LogP contribution in [0.4, 0.5) is 11.6 Å². The van der Waals surface area contributed by atoms with Gasteiger partial charge in [-0.15, -0.1) is 5.10 Å². The van der Waals surface area contributed by atoms with Crippen LogP contribution < -0.4 is 15.4 Å². The fourth-order valence-electron chi connectivity index (χ4n) is 4.89. The van der Waals surface area contributed by atoms with Crippen molar-refractivity contribution in [1.29, 1.82) is 0 Å². The first-order chi connectivity index (χ1) is 21.4. The highest BCUT2D eigenvalue weighted by molar-refractivity contribution is 9.10. The minimum atomic E-state index is -0.657. The Morgan fingerprint density at radius 2 is 1.66 bits per heavy atom. The largest absolute Gasteiger partial charge is 0.488 e. The summed E-state index contributed by atoms with van der Waals surface area (Å²) in [6.45, 7) is 2.11. The minimum Gasteiger partial charge on any atom is -0.488 e. The number of hydrogen-bond donors (Lipinski definition) is 2. The number of nitrogens with zero attached hydrogens (tertiary/aromatic N) is 3. The molecule has 6 rings (SSSR count). The summed E-state index contributed by atoms with van der Waals surface area (Å²) in [5.74, 6) is 1.42. The van der Waals surface area contributed by atoms with Gasteiger partial charge in [-0.25, -0.2) is 4.68 Å². The van der Waals surface area contributed by atoms with Crippen molar-refractivity contribution in [1.82, 2.24) is 14.8 Å². The van der Waals surface area contributed by atoms with Crippen LogP contribution in [-0.2, 0) is 17.2 Å². The number of hydrogen-bond acceptors (Lipinski definition) is 6. The Bertz CT molecular complexity index is 1860. The number of aromatic nitrogens is 3. The third-order valence-electron chi connectivity index (χ3n) is 7.03. The molecule has 5 aromatic rings. The van der Waals surface area contributed by atoms with Crippen molar-refractivity contribution in [2.45, 2.75) is 30.5 Å². The van der Waals surface area contributed by atoms with Crippen LogP contribution in [0, 0.1) is 0 Å². The molecular formula is C33H26BrCl2N5O2S. The fourth-order valence-corrected chi connectivity index (χ4v) is 6.57. The SMILES string of the molecule is CC1=C(C(=O)Nc2ccccc2)C(c2cc(Br)ccc2OCc2ccccc2Cl)n2nc(SCc3ccccc3Cl)nc2N1. The van der Waals surface area contributed by atoms with Crippen LogP contribution in [0.15, 0.2) is 118 Å². The molecule has 2 N–H and O–H groups in total. The van der Waals surface area contributed by atoms with Crippen LogP contribution in [0.25, 0.3) is 0 Å². The monoisotopic (exact) mass is 705 g/mol. The van der Waals surface area contributed by atoms with Gasteiger partial charge in [0.25, 0.3) is 5.91 Å². The Balaban J connectivity index is 1.40. The average Bonchev–Trinajstić information content (AvgIpc) is 3.43. The zero-order valence-electron chi connectivity index (χ0n) is 23.4. The highest BCUT2D eigenvalue weighted by atomic mass is 79.9. The predicted molar refractivity (Wildman–Crippen MR) is 180 cm³/mol. The first-order valence-corrected chi connectivity index (χ1v) is 16.2. The van der Waals surface area contributed by atoms with Gasteiger partial charge >= 0.3 is 0 Å². The van der Waals surface area contributed by atoms with E-state index in [0.29, 0.717) is 49.6 Å². The van der Waals surface area contributed by atoms with Crippen LogP contribution >= 0.6 is 50.9 Å². The summed E-state index contributed by atoms with van der Waals surface area (Å²) in [6, 6.07) is 29.7. The molecule has 0 fully saturated rings. The molecule has 1 aromatic heterocycles. The van der Waals surface area contributed by atoms with Gasteiger partial charge in [-0.2, -0.15) is 4.98 Å². The number of halogens is 3. The van der Waals surface area contributed by atoms with Gasteiger partial charge in [0, 0.05) is 42.8 Å². The Kier molecular flexibility index (Phi) is 9.28. The molecule has 0 saturated heterocycles. The summed E-state index contributed by atoms with van der Waals surface area (Å²) in [5, 5.41) is 13.1. The van der Waals surface area contributed by atoms with Gasteiger partial charge < -0.3 is 15.4 Å². The van der Waals surface area contributed by atoms with E-state index >= 15 is 0 Å². The Hall–Kier alpha value is -3.76. The Morgan fingerprint density at radius 3 is 2.39 bits per heavy atom. The number of rotatable bonds is 9. The van der Waals surface area contributed by atoms with Gasteiger partial charge in [-0.3, -0.25) is 4.79 Å². The zero-order chi connectivity index (χ0) is 30.6. The Labute approximate surface area is 277 Å². The highest BCUT2D eigenvalue weighted by Crippen LogP contribution is 2.42. The number of anilines is 2. The molecule has 1 unspecified atom stereocenters. The maximum atomic E-state index is 14.0. The van der Waals surface area contributed by atoms with E-state index < -0.39 is 6.04 Å². The van der Waals surface area contributed by atoms with Crippen molar-refractivity contribution in [2.75, 3.05) is 10.6 Å². The average molecular weight is 707 g/mol. The number of nitrogens with one attached hydrogen (secondary N) is 2. The Morgan fingerprint density at radius 1 is 0.977 bits per heavy atom. The van der Waals surface area contributed by atoms with E-state index in [2.05, 4.69) is 26.6 Å². The highest BCUT2D eigenvalue weighted by Gasteiger charge is 2.36. The van der Waals surface area contributed by atoms with Crippen LogP contribution in [0.3, 0.4) is 0 Å². The lowest BCUT2D eigenvalue weighted by Gasteiger charge is -2.30. The zero-order valence-corrected chi connectivity index (χ0v) is 27.3. The number of carbonyl (C=O) groups excluding carboxylic acids is 1. The number of thioether (sulfide) groups is 1. The number of carbonyl (C=O) groups is 1. The van der Waals surface area contributed by atoms with Crippen LogP contribution in [0.2, 0.25) is 10.0 Å². The van der Waals surface area contributed by atoms with E-state index in [1.54, 1.807) is 4.68 Å². The van der Waals surface area contributed by atoms with E-state index in [1.165, 1.54) is 11.8 Å². The molecule has 0 bridgehead atoms. The number of para-hydroxylation sites is 1. The molecule has 4 aromatic carbocycles. The summed E-state index contributed by atoms with van der Waals surface area (Å²) < 4.78 is 8.94. The normalized spacial score (nSPS) is 14.1. The second-order valence-electron chi connectivity index (χ2n) is 9.99. The van der Waals surface area contributed by atoms with Crippen molar-refractivity contribution in [3.05, 3.63) is 140 Å². The van der Waals surface area contributed by atoms with E-state index in [-0.39, 0.29) is 12.5 Å². The van der Waals surface area contributed by atoms with Gasteiger partial charge in [0.1, 0.15) is 18.4 Å². The van der Waals surface area contributed by atoms with E-state index in [4.69, 9.17) is 38.0 Å². The molecule has 1 atom stereocenters. The summed E-state index contributed by atoms with van der Waals surface area (Å²) in [7, 11) is 0. The van der Waals surface area contributed by atoms with Crippen LogP contribution in [0.5, 0.6) is 5.75 Å². The number of amides is 1. The number of fused-ring (bicyclic) bond motifs is 1. The van der Waals surface area contributed by atoms with E-state index in [0.717, 1.165) is 21.2 Å². The number of allylic oxidation sites excluding steroid dienone is 1. The standard InChI is InChI=1S/C33H26BrCl2N5O2S/c1-20-29(31(42)38-24-11-3-2-4-12-24)30(25-17-23(34)15-16-28(25)43-18-21-9-5-7-13-26(21)35)41-32(37-20)39-33(40-41)44-19-22-10-6-8-14-27(22)36/h2-17,30H,18-19H2,1H3,(H,38,42)(H,37,39,40). The lowest BCUT2D eigenvalue weighted by Crippen LogP contribution is -2.31. The van der Waals surface area contributed by atoms with Crippen molar-refractivity contribution >= 4 is 68.4 Å². The molecule has 1 amide bonds. The van der Waals surface area contributed by atoms with Crippen molar-refractivity contribution < 1.29 is 9.53 Å². The van der Waals surface area contributed by atoms with Gasteiger partial charge in [-0.1, -0.05) is 105 Å². The first-order valence-electron chi connectivity index (χ1n) is 13.7. The van der Waals surface area contributed by atoms with Crippen LogP contribution in [0.1, 0.15) is 29.7 Å². The van der Waals surface area contributed by atoms with Gasteiger partial charge in [0.05, 0.1) is 5.57 Å². The summed E-state index contributed by atoms with van der Waals surface area (Å²) in [5.41, 5.74) is 4.39. The fraction of sp³-hybridized carbons (Fsp3) is 0.121. The molecule has 2 heterocycles. The molecule has 0 radical (unpaired) electrons. The maximum absolute atomic E-state index is 14.0. The van der Waals surface area contributed by atoms with Crippen molar-refractivity contribution in [3.8, 4) is 5.75 Å². The maximum Gasteiger partial charge on any atom is 0.255 e. The summed E-state index contributed by atoms with van der Waals surface area (Å²) >= 11 is 17.9. The second-order valence-corrected chi connectivity index (χ2v) is 12.7. The molecule has 0 aliphatic carbocycles. The quantitative estimate of drug-likeness (QED) is 0.149. The summed E-state index contributed by atoms with van der Waals surface area (Å²) in [6.07, 6.45) is 0. The number of ether oxygens (including phenoxy) is 1. The van der Waals surface area contributed by atoms with Crippen molar-refractivity contribution in [3.63, 3.8) is 0 Å².